The van der Waals surface area contributed by atoms with E-state index in [1.54, 1.807) is 7.11 Å². The van der Waals surface area contributed by atoms with E-state index in [2.05, 4.69) is 51.0 Å². The lowest BCUT2D eigenvalue weighted by Crippen LogP contribution is -2.53. The van der Waals surface area contributed by atoms with Crippen molar-refractivity contribution in [3.05, 3.63) is 29.8 Å². The molecule has 1 aromatic carbocycles. The molecule has 2 nitrogen and oxygen atoms in total. The molecule has 1 aromatic rings. The average molecular weight is 247 g/mol. The van der Waals surface area contributed by atoms with E-state index in [-0.39, 0.29) is 11.0 Å². The minimum Gasteiger partial charge on any atom is -0.497 e. The third-order valence-electron chi connectivity index (χ3n) is 5.22. The maximum atomic E-state index is 5.37. The normalized spacial score (nSPS) is 31.9. The fourth-order valence-corrected chi connectivity index (χ4v) is 3.47. The van der Waals surface area contributed by atoms with Gasteiger partial charge in [0.25, 0.3) is 0 Å². The summed E-state index contributed by atoms with van der Waals surface area (Å²) in [5.74, 6) is 0.960. The second-order valence-electron chi connectivity index (χ2n) is 6.09. The minimum atomic E-state index is 0.199. The van der Waals surface area contributed by atoms with Gasteiger partial charge in [-0.2, -0.15) is 0 Å². The summed E-state index contributed by atoms with van der Waals surface area (Å²) in [6, 6.07) is 8.57. The Bertz CT molecular complexity index is 429. The Morgan fingerprint density at radius 3 is 2.50 bits per heavy atom. The Hall–Kier alpha value is -1.02. The number of hydrogen-bond donors (Lipinski definition) is 0. The van der Waals surface area contributed by atoms with Crippen molar-refractivity contribution in [1.29, 1.82) is 0 Å². The molecule has 0 aliphatic heterocycles. The van der Waals surface area contributed by atoms with Gasteiger partial charge in [0, 0.05) is 11.0 Å². The van der Waals surface area contributed by atoms with E-state index in [1.807, 2.05) is 6.07 Å². The summed E-state index contributed by atoms with van der Waals surface area (Å²) in [7, 11) is 6.13. The first-order chi connectivity index (χ1) is 8.44. The SMILES string of the molecule is COc1cccc(C2(C)CCCC2(C)N(C)C)c1. The third-order valence-corrected chi connectivity index (χ3v) is 5.22. The molecule has 1 aliphatic carbocycles. The van der Waals surface area contributed by atoms with E-state index in [4.69, 9.17) is 4.74 Å². The van der Waals surface area contributed by atoms with Gasteiger partial charge in [-0.25, -0.2) is 0 Å². The molecule has 0 saturated heterocycles. The lowest BCUT2D eigenvalue weighted by molar-refractivity contribution is 0.105. The molecule has 0 spiro atoms. The van der Waals surface area contributed by atoms with Crippen LogP contribution in [0.2, 0.25) is 0 Å². The summed E-state index contributed by atoms with van der Waals surface area (Å²) < 4.78 is 5.37. The highest BCUT2D eigenvalue weighted by Crippen LogP contribution is 2.50. The predicted octanol–water partition coefficient (Wildman–Crippen LogP) is 3.46. The maximum Gasteiger partial charge on any atom is 0.119 e. The maximum absolute atomic E-state index is 5.37. The Morgan fingerprint density at radius 2 is 1.89 bits per heavy atom. The molecule has 1 fully saturated rings. The molecule has 100 valence electrons. The van der Waals surface area contributed by atoms with Crippen molar-refractivity contribution in [2.75, 3.05) is 21.2 Å². The minimum absolute atomic E-state index is 0.199. The van der Waals surface area contributed by atoms with Crippen LogP contribution in [-0.4, -0.2) is 31.6 Å². The quantitative estimate of drug-likeness (QED) is 0.811. The standard InChI is InChI=1S/C16H25NO/c1-15(10-7-11-16(15,2)17(3)4)13-8-6-9-14(12-13)18-5/h6,8-9,12H,7,10-11H2,1-5H3. The smallest absolute Gasteiger partial charge is 0.119 e. The monoisotopic (exact) mass is 247 g/mol. The van der Waals surface area contributed by atoms with Crippen LogP contribution >= 0.6 is 0 Å². The Kier molecular flexibility index (Phi) is 3.41. The van der Waals surface area contributed by atoms with E-state index in [9.17, 15) is 0 Å². The van der Waals surface area contributed by atoms with Gasteiger partial charge in [-0.15, -0.1) is 0 Å². The Morgan fingerprint density at radius 1 is 1.17 bits per heavy atom. The van der Waals surface area contributed by atoms with Gasteiger partial charge in [0.15, 0.2) is 0 Å². The highest BCUT2D eigenvalue weighted by molar-refractivity contribution is 5.37. The number of rotatable bonds is 3. The summed E-state index contributed by atoms with van der Waals surface area (Å²) >= 11 is 0. The molecule has 0 aromatic heterocycles. The molecule has 18 heavy (non-hydrogen) atoms. The molecular weight excluding hydrogens is 222 g/mol. The van der Waals surface area contributed by atoms with Gasteiger partial charge in [0.1, 0.15) is 5.75 Å². The van der Waals surface area contributed by atoms with Crippen LogP contribution in [0.1, 0.15) is 38.7 Å². The fourth-order valence-electron chi connectivity index (χ4n) is 3.47. The van der Waals surface area contributed by atoms with E-state index in [0.29, 0.717) is 0 Å². The van der Waals surface area contributed by atoms with Crippen molar-refractivity contribution in [3.63, 3.8) is 0 Å². The van der Waals surface area contributed by atoms with Gasteiger partial charge < -0.3 is 9.64 Å². The molecule has 1 aliphatic rings. The van der Waals surface area contributed by atoms with E-state index >= 15 is 0 Å². The van der Waals surface area contributed by atoms with Crippen molar-refractivity contribution in [3.8, 4) is 5.75 Å². The van der Waals surface area contributed by atoms with Crippen molar-refractivity contribution in [1.82, 2.24) is 4.90 Å². The van der Waals surface area contributed by atoms with Crippen LogP contribution in [0.15, 0.2) is 24.3 Å². The summed E-state index contributed by atoms with van der Waals surface area (Å²) in [5.41, 5.74) is 1.82. The first-order valence-electron chi connectivity index (χ1n) is 6.76. The van der Waals surface area contributed by atoms with Gasteiger partial charge >= 0.3 is 0 Å². The lowest BCUT2D eigenvalue weighted by Gasteiger charge is -2.46. The summed E-state index contributed by atoms with van der Waals surface area (Å²) in [6.07, 6.45) is 3.80. The average Bonchev–Trinajstić information content (AvgIpc) is 2.68. The summed E-state index contributed by atoms with van der Waals surface area (Å²) in [4.78, 5) is 2.39. The zero-order chi connectivity index (χ0) is 13.4. The van der Waals surface area contributed by atoms with Crippen LogP contribution in [0, 0.1) is 0 Å². The first kappa shape index (κ1) is 13.4. The van der Waals surface area contributed by atoms with Crippen molar-refractivity contribution in [2.45, 2.75) is 44.1 Å². The number of hydrogen-bond acceptors (Lipinski definition) is 2. The highest BCUT2D eigenvalue weighted by atomic mass is 16.5. The highest BCUT2D eigenvalue weighted by Gasteiger charge is 2.50. The van der Waals surface area contributed by atoms with Crippen LogP contribution < -0.4 is 4.74 Å². The molecule has 0 amide bonds. The van der Waals surface area contributed by atoms with E-state index in [0.717, 1.165) is 5.75 Å². The van der Waals surface area contributed by atoms with Crippen LogP contribution in [0.3, 0.4) is 0 Å². The zero-order valence-corrected chi connectivity index (χ0v) is 12.3. The molecule has 2 rings (SSSR count). The molecule has 0 radical (unpaired) electrons. The first-order valence-corrected chi connectivity index (χ1v) is 6.76. The van der Waals surface area contributed by atoms with Crippen LogP contribution in [0.4, 0.5) is 0 Å². The van der Waals surface area contributed by atoms with E-state index in [1.165, 1.54) is 24.8 Å². The second-order valence-corrected chi connectivity index (χ2v) is 6.09. The molecule has 0 bridgehead atoms. The fraction of sp³-hybridized carbons (Fsp3) is 0.625. The molecular formula is C16H25NO. The van der Waals surface area contributed by atoms with Gasteiger partial charge in [0.05, 0.1) is 7.11 Å². The number of benzene rings is 1. The number of methoxy groups -OCH3 is 1. The zero-order valence-electron chi connectivity index (χ0n) is 12.3. The van der Waals surface area contributed by atoms with Gasteiger partial charge in [0.2, 0.25) is 0 Å². The Balaban J connectivity index is 2.46. The van der Waals surface area contributed by atoms with Gasteiger partial charge in [-0.3, -0.25) is 0 Å². The summed E-state index contributed by atoms with van der Waals surface area (Å²) in [5, 5.41) is 0. The molecule has 1 saturated carbocycles. The number of nitrogens with zero attached hydrogens (tertiary/aromatic N) is 1. The number of ether oxygens (including phenoxy) is 1. The largest absolute Gasteiger partial charge is 0.497 e. The van der Waals surface area contributed by atoms with Crippen LogP contribution in [-0.2, 0) is 5.41 Å². The second kappa shape index (κ2) is 4.58. The molecule has 0 N–H and O–H groups in total. The third kappa shape index (κ3) is 1.83. The van der Waals surface area contributed by atoms with Gasteiger partial charge in [-0.05, 0) is 51.6 Å². The van der Waals surface area contributed by atoms with Crippen molar-refractivity contribution < 1.29 is 4.74 Å². The molecule has 2 atom stereocenters. The summed E-state index contributed by atoms with van der Waals surface area (Å²) in [6.45, 7) is 4.79. The van der Waals surface area contributed by atoms with Crippen molar-refractivity contribution in [2.24, 2.45) is 0 Å². The molecule has 0 heterocycles. The van der Waals surface area contributed by atoms with Crippen LogP contribution in [0.25, 0.3) is 0 Å². The molecule has 2 heteroatoms. The predicted molar refractivity (Wildman–Crippen MR) is 76.3 cm³/mol. The Labute approximate surface area is 111 Å². The topological polar surface area (TPSA) is 12.5 Å². The lowest BCUT2D eigenvalue weighted by atomic mass is 9.69. The van der Waals surface area contributed by atoms with E-state index < -0.39 is 0 Å². The number of likely N-dealkylation sites (N-methyl/N-ethyl adjacent to an activating group) is 1. The van der Waals surface area contributed by atoms with Crippen molar-refractivity contribution >= 4 is 0 Å². The van der Waals surface area contributed by atoms with Crippen LogP contribution in [0.5, 0.6) is 5.75 Å². The van der Waals surface area contributed by atoms with Gasteiger partial charge in [-0.1, -0.05) is 25.5 Å². The molecule has 2 unspecified atom stereocenters.